The van der Waals surface area contributed by atoms with Crippen LogP contribution in [-0.2, 0) is 4.79 Å². The minimum absolute atomic E-state index is 0.0949. The van der Waals surface area contributed by atoms with E-state index in [4.69, 9.17) is 4.74 Å². The Hall–Kier alpha value is -2.56. The molecule has 1 heterocycles. The van der Waals surface area contributed by atoms with Gasteiger partial charge in [-0.2, -0.15) is 0 Å². The number of hydrogen-bond donors (Lipinski definition) is 1. The lowest BCUT2D eigenvalue weighted by Crippen LogP contribution is -2.46. The standard InChI is InChI=1S/C19H21FN2O2/c20-15-5-4-8-18(13-15)24-14-19(23)21-16-9-11-22(12-10-16)17-6-2-1-3-7-17/h1-8,13,16H,9-12,14H2,(H,21,23). The lowest BCUT2D eigenvalue weighted by atomic mass is 10.0. The second-order valence-corrected chi connectivity index (χ2v) is 5.91. The largest absolute Gasteiger partial charge is 0.484 e. The molecule has 1 N–H and O–H groups in total. The molecule has 2 aromatic carbocycles. The molecule has 0 aromatic heterocycles. The van der Waals surface area contributed by atoms with E-state index in [0.29, 0.717) is 5.75 Å². The first-order valence-corrected chi connectivity index (χ1v) is 8.18. The van der Waals surface area contributed by atoms with Crippen LogP contribution in [0.5, 0.6) is 5.75 Å². The Kier molecular flexibility index (Phi) is 5.31. The highest BCUT2D eigenvalue weighted by Gasteiger charge is 2.20. The number of para-hydroxylation sites is 1. The van der Waals surface area contributed by atoms with Crippen molar-refractivity contribution in [2.24, 2.45) is 0 Å². The Labute approximate surface area is 141 Å². The maximum atomic E-state index is 13.1. The Morgan fingerprint density at radius 3 is 2.58 bits per heavy atom. The molecule has 2 aromatic rings. The van der Waals surface area contributed by atoms with E-state index in [1.54, 1.807) is 12.1 Å². The van der Waals surface area contributed by atoms with Crippen LogP contribution in [0.1, 0.15) is 12.8 Å². The van der Waals surface area contributed by atoms with Gasteiger partial charge in [-0.15, -0.1) is 0 Å². The summed E-state index contributed by atoms with van der Waals surface area (Å²) in [6, 6.07) is 16.2. The fraction of sp³-hybridized carbons (Fsp3) is 0.316. The Morgan fingerprint density at radius 2 is 1.88 bits per heavy atom. The maximum absolute atomic E-state index is 13.1. The molecule has 3 rings (SSSR count). The minimum atomic E-state index is -0.374. The van der Waals surface area contributed by atoms with Crippen LogP contribution >= 0.6 is 0 Å². The average molecular weight is 328 g/mol. The zero-order chi connectivity index (χ0) is 16.8. The van der Waals surface area contributed by atoms with E-state index in [9.17, 15) is 9.18 Å². The van der Waals surface area contributed by atoms with Crippen molar-refractivity contribution in [3.05, 3.63) is 60.4 Å². The molecule has 0 saturated carbocycles. The SMILES string of the molecule is O=C(COc1cccc(F)c1)NC1CCN(c2ccccc2)CC1. The maximum Gasteiger partial charge on any atom is 0.258 e. The summed E-state index contributed by atoms with van der Waals surface area (Å²) in [4.78, 5) is 14.3. The number of halogens is 1. The number of ether oxygens (including phenoxy) is 1. The van der Waals surface area contributed by atoms with Gasteiger partial charge >= 0.3 is 0 Å². The van der Waals surface area contributed by atoms with Crippen molar-refractivity contribution in [3.8, 4) is 5.75 Å². The second kappa shape index (κ2) is 7.81. The summed E-state index contributed by atoms with van der Waals surface area (Å²) in [6.45, 7) is 1.74. The predicted molar refractivity (Wildman–Crippen MR) is 91.7 cm³/mol. The third-order valence-corrected chi connectivity index (χ3v) is 4.15. The fourth-order valence-corrected chi connectivity index (χ4v) is 2.90. The van der Waals surface area contributed by atoms with Crippen molar-refractivity contribution in [1.29, 1.82) is 0 Å². The molecule has 1 amide bonds. The van der Waals surface area contributed by atoms with Crippen LogP contribution in [-0.4, -0.2) is 31.6 Å². The molecule has 0 unspecified atom stereocenters. The Balaban J connectivity index is 1.42. The molecule has 0 aliphatic carbocycles. The predicted octanol–water partition coefficient (Wildman–Crippen LogP) is 2.99. The van der Waals surface area contributed by atoms with Crippen LogP contribution < -0.4 is 15.0 Å². The number of hydrogen-bond acceptors (Lipinski definition) is 3. The number of anilines is 1. The molecule has 1 aliphatic rings. The van der Waals surface area contributed by atoms with Crippen LogP contribution in [0, 0.1) is 5.82 Å². The fourth-order valence-electron chi connectivity index (χ4n) is 2.90. The van der Waals surface area contributed by atoms with Crippen LogP contribution in [0.25, 0.3) is 0 Å². The van der Waals surface area contributed by atoms with Gasteiger partial charge < -0.3 is 15.0 Å². The Bertz CT molecular complexity index is 670. The van der Waals surface area contributed by atoms with Crippen LogP contribution in [0.3, 0.4) is 0 Å². The average Bonchev–Trinajstić information content (AvgIpc) is 2.61. The van der Waals surface area contributed by atoms with Gasteiger partial charge in [0.1, 0.15) is 11.6 Å². The summed E-state index contributed by atoms with van der Waals surface area (Å²) < 4.78 is 18.4. The number of piperidine rings is 1. The van der Waals surface area contributed by atoms with Crippen LogP contribution in [0.15, 0.2) is 54.6 Å². The number of nitrogens with zero attached hydrogens (tertiary/aromatic N) is 1. The summed E-state index contributed by atoms with van der Waals surface area (Å²) in [5.41, 5.74) is 1.22. The van der Waals surface area contributed by atoms with Gasteiger partial charge in [0.2, 0.25) is 0 Å². The van der Waals surface area contributed by atoms with Gasteiger partial charge in [0.25, 0.3) is 5.91 Å². The Morgan fingerprint density at radius 1 is 1.12 bits per heavy atom. The summed E-state index contributed by atoms with van der Waals surface area (Å²) in [5, 5.41) is 2.99. The van der Waals surface area contributed by atoms with Crippen molar-refractivity contribution in [3.63, 3.8) is 0 Å². The molecule has 1 fully saturated rings. The molecule has 5 heteroatoms. The number of benzene rings is 2. The third kappa shape index (κ3) is 4.47. The highest BCUT2D eigenvalue weighted by Crippen LogP contribution is 2.19. The van der Waals surface area contributed by atoms with E-state index in [0.717, 1.165) is 25.9 Å². The zero-order valence-electron chi connectivity index (χ0n) is 13.5. The van der Waals surface area contributed by atoms with E-state index in [-0.39, 0.29) is 24.4 Å². The quantitative estimate of drug-likeness (QED) is 0.917. The molecule has 4 nitrogen and oxygen atoms in total. The van der Waals surface area contributed by atoms with Gasteiger partial charge in [0.15, 0.2) is 6.61 Å². The first-order chi connectivity index (χ1) is 11.7. The zero-order valence-corrected chi connectivity index (χ0v) is 13.5. The molecule has 0 radical (unpaired) electrons. The van der Waals surface area contributed by atoms with Crippen LogP contribution in [0.2, 0.25) is 0 Å². The molecule has 1 aliphatic heterocycles. The van der Waals surface area contributed by atoms with Gasteiger partial charge in [-0.1, -0.05) is 24.3 Å². The van der Waals surface area contributed by atoms with E-state index in [2.05, 4.69) is 22.3 Å². The van der Waals surface area contributed by atoms with E-state index < -0.39 is 0 Å². The van der Waals surface area contributed by atoms with Crippen molar-refractivity contribution in [1.82, 2.24) is 5.32 Å². The lowest BCUT2D eigenvalue weighted by molar-refractivity contribution is -0.123. The number of carbonyl (C=O) groups excluding carboxylic acids is 1. The first kappa shape index (κ1) is 16.3. The highest BCUT2D eigenvalue weighted by molar-refractivity contribution is 5.77. The summed E-state index contributed by atoms with van der Waals surface area (Å²) in [7, 11) is 0. The number of amides is 1. The topological polar surface area (TPSA) is 41.6 Å². The number of carbonyl (C=O) groups is 1. The molecule has 0 bridgehead atoms. The van der Waals surface area contributed by atoms with Crippen molar-refractivity contribution in [2.75, 3.05) is 24.6 Å². The molecule has 0 spiro atoms. The van der Waals surface area contributed by atoms with Crippen LogP contribution in [0.4, 0.5) is 10.1 Å². The third-order valence-electron chi connectivity index (χ3n) is 4.15. The van der Waals surface area contributed by atoms with Crippen molar-refractivity contribution < 1.29 is 13.9 Å². The smallest absolute Gasteiger partial charge is 0.258 e. The van der Waals surface area contributed by atoms with Crippen molar-refractivity contribution >= 4 is 11.6 Å². The second-order valence-electron chi connectivity index (χ2n) is 5.91. The normalized spacial score (nSPS) is 15.1. The highest BCUT2D eigenvalue weighted by atomic mass is 19.1. The minimum Gasteiger partial charge on any atom is -0.484 e. The summed E-state index contributed by atoms with van der Waals surface area (Å²) >= 11 is 0. The van der Waals surface area contributed by atoms with E-state index >= 15 is 0 Å². The molecule has 24 heavy (non-hydrogen) atoms. The molecular weight excluding hydrogens is 307 g/mol. The van der Waals surface area contributed by atoms with Gasteiger partial charge in [0.05, 0.1) is 0 Å². The number of nitrogens with one attached hydrogen (secondary N) is 1. The lowest BCUT2D eigenvalue weighted by Gasteiger charge is -2.33. The van der Waals surface area contributed by atoms with Gasteiger partial charge in [-0.05, 0) is 37.1 Å². The number of rotatable bonds is 5. The van der Waals surface area contributed by atoms with Crippen molar-refractivity contribution in [2.45, 2.75) is 18.9 Å². The molecular formula is C19H21FN2O2. The molecule has 126 valence electrons. The van der Waals surface area contributed by atoms with Gasteiger partial charge in [-0.3, -0.25) is 4.79 Å². The van der Waals surface area contributed by atoms with Gasteiger partial charge in [0, 0.05) is 30.9 Å². The summed E-state index contributed by atoms with van der Waals surface area (Å²) in [6.07, 6.45) is 1.81. The monoisotopic (exact) mass is 328 g/mol. The summed E-state index contributed by atoms with van der Waals surface area (Å²) in [5.74, 6) is -0.178. The first-order valence-electron chi connectivity index (χ1n) is 8.18. The molecule has 1 saturated heterocycles. The van der Waals surface area contributed by atoms with E-state index in [1.807, 2.05) is 18.2 Å². The van der Waals surface area contributed by atoms with E-state index in [1.165, 1.54) is 17.8 Å². The van der Waals surface area contributed by atoms with Gasteiger partial charge in [-0.25, -0.2) is 4.39 Å². The molecule has 0 atom stereocenters.